The van der Waals surface area contributed by atoms with Crippen molar-refractivity contribution < 1.29 is 9.84 Å². The number of hydrogen-bond acceptors (Lipinski definition) is 4. The van der Waals surface area contributed by atoms with Gasteiger partial charge >= 0.3 is 0 Å². The third-order valence-electron chi connectivity index (χ3n) is 5.23. The molecule has 1 saturated heterocycles. The van der Waals surface area contributed by atoms with Gasteiger partial charge in [-0.15, -0.1) is 0 Å². The number of nitrogens with zero attached hydrogens (tertiary/aromatic N) is 2. The van der Waals surface area contributed by atoms with Gasteiger partial charge in [-0.25, -0.2) is 4.98 Å². The Morgan fingerprint density at radius 2 is 1.93 bits per heavy atom. The van der Waals surface area contributed by atoms with Crippen LogP contribution < -0.4 is 9.64 Å². The second kappa shape index (κ2) is 8.44. The maximum atomic E-state index is 9.57. The van der Waals surface area contributed by atoms with Crippen LogP contribution in [0, 0.1) is 6.92 Å². The first-order valence-corrected chi connectivity index (χ1v) is 9.86. The lowest BCUT2D eigenvalue weighted by molar-refractivity contribution is 0.216. The molecule has 1 atom stereocenters. The highest BCUT2D eigenvalue weighted by molar-refractivity contribution is 5.69. The Balaban J connectivity index is 1.51. The molecule has 1 aromatic heterocycles. The molecule has 28 heavy (non-hydrogen) atoms. The molecule has 2 aromatic carbocycles. The summed E-state index contributed by atoms with van der Waals surface area (Å²) in [7, 11) is 0. The van der Waals surface area contributed by atoms with Crippen LogP contribution in [0.2, 0.25) is 0 Å². The van der Waals surface area contributed by atoms with Gasteiger partial charge in [-0.1, -0.05) is 42.5 Å². The highest BCUT2D eigenvalue weighted by atomic mass is 16.5. The third kappa shape index (κ3) is 4.18. The molecule has 4 rings (SSSR count). The summed E-state index contributed by atoms with van der Waals surface area (Å²) < 4.78 is 6.07. The van der Waals surface area contributed by atoms with Crippen LogP contribution in [0.15, 0.2) is 66.9 Å². The molecule has 1 N–H and O–H groups in total. The molecule has 1 fully saturated rings. The van der Waals surface area contributed by atoms with E-state index in [4.69, 9.17) is 4.74 Å². The van der Waals surface area contributed by atoms with E-state index >= 15 is 0 Å². The van der Waals surface area contributed by atoms with Crippen molar-refractivity contribution in [1.82, 2.24) is 4.98 Å². The maximum absolute atomic E-state index is 9.57. The van der Waals surface area contributed by atoms with Crippen molar-refractivity contribution in [1.29, 1.82) is 0 Å². The average molecular weight is 374 g/mol. The van der Waals surface area contributed by atoms with Gasteiger partial charge in [-0.2, -0.15) is 0 Å². The van der Waals surface area contributed by atoms with E-state index in [0.29, 0.717) is 12.3 Å². The van der Waals surface area contributed by atoms with Crippen LogP contribution in [0.3, 0.4) is 0 Å². The maximum Gasteiger partial charge on any atom is 0.213 e. The van der Waals surface area contributed by atoms with Gasteiger partial charge in [0.2, 0.25) is 5.88 Å². The SMILES string of the molecule is Cc1ccc(O[C@H]2CCN(c3ccc(-c4ccccc4)cc3CCO)C2)nc1. The van der Waals surface area contributed by atoms with Crippen molar-refractivity contribution in [2.45, 2.75) is 25.9 Å². The Bertz CT molecular complexity index is 910. The zero-order valence-corrected chi connectivity index (χ0v) is 16.2. The van der Waals surface area contributed by atoms with E-state index in [2.05, 4.69) is 52.3 Å². The molecule has 1 aliphatic heterocycles. The molecule has 4 nitrogen and oxygen atoms in total. The number of ether oxygens (including phenoxy) is 1. The van der Waals surface area contributed by atoms with Gasteiger partial charge in [-0.3, -0.25) is 0 Å². The molecular weight excluding hydrogens is 348 g/mol. The Labute approximate surface area is 166 Å². The fraction of sp³-hybridized carbons (Fsp3) is 0.292. The predicted octanol–water partition coefficient (Wildman–Crippen LogP) is 4.25. The summed E-state index contributed by atoms with van der Waals surface area (Å²) in [6.45, 7) is 3.94. The molecule has 0 saturated carbocycles. The smallest absolute Gasteiger partial charge is 0.213 e. The molecule has 0 spiro atoms. The monoisotopic (exact) mass is 374 g/mol. The summed E-state index contributed by atoms with van der Waals surface area (Å²) in [6, 6.07) is 20.9. The number of aliphatic hydroxyl groups excluding tert-OH is 1. The van der Waals surface area contributed by atoms with Gasteiger partial charge in [0.15, 0.2) is 0 Å². The van der Waals surface area contributed by atoms with Crippen LogP contribution in [0.25, 0.3) is 11.1 Å². The first-order chi connectivity index (χ1) is 13.7. The molecule has 0 bridgehead atoms. The Kier molecular flexibility index (Phi) is 5.58. The lowest BCUT2D eigenvalue weighted by atomic mass is 10.00. The zero-order valence-electron chi connectivity index (χ0n) is 16.2. The molecule has 0 aliphatic carbocycles. The Hall–Kier alpha value is -2.85. The molecule has 144 valence electrons. The minimum Gasteiger partial charge on any atom is -0.472 e. The van der Waals surface area contributed by atoms with Crippen molar-refractivity contribution in [3.63, 3.8) is 0 Å². The summed E-state index contributed by atoms with van der Waals surface area (Å²) in [4.78, 5) is 6.72. The van der Waals surface area contributed by atoms with E-state index in [1.54, 1.807) is 0 Å². The average Bonchev–Trinajstić information content (AvgIpc) is 3.19. The highest BCUT2D eigenvalue weighted by Gasteiger charge is 2.26. The van der Waals surface area contributed by atoms with Gasteiger partial charge in [-0.05, 0) is 47.7 Å². The van der Waals surface area contributed by atoms with E-state index in [9.17, 15) is 5.11 Å². The third-order valence-corrected chi connectivity index (χ3v) is 5.23. The van der Waals surface area contributed by atoms with Crippen LogP contribution in [-0.4, -0.2) is 35.9 Å². The van der Waals surface area contributed by atoms with Gasteiger partial charge in [0.05, 0.1) is 6.54 Å². The Morgan fingerprint density at radius 3 is 2.68 bits per heavy atom. The van der Waals surface area contributed by atoms with Crippen LogP contribution in [0.1, 0.15) is 17.5 Å². The number of aliphatic hydroxyl groups is 1. The summed E-state index contributed by atoms with van der Waals surface area (Å²) in [6.07, 6.45) is 3.58. The lowest BCUT2D eigenvalue weighted by Crippen LogP contribution is -2.25. The molecule has 1 aliphatic rings. The number of rotatable bonds is 6. The van der Waals surface area contributed by atoms with E-state index in [1.165, 1.54) is 22.4 Å². The molecular formula is C24H26N2O2. The fourth-order valence-corrected chi connectivity index (χ4v) is 3.76. The fourth-order valence-electron chi connectivity index (χ4n) is 3.76. The molecule has 3 aromatic rings. The second-order valence-electron chi connectivity index (χ2n) is 7.33. The van der Waals surface area contributed by atoms with Crippen LogP contribution in [-0.2, 0) is 6.42 Å². The van der Waals surface area contributed by atoms with Gasteiger partial charge < -0.3 is 14.7 Å². The Morgan fingerprint density at radius 1 is 1.07 bits per heavy atom. The minimum absolute atomic E-state index is 0.131. The quantitative estimate of drug-likeness (QED) is 0.701. The van der Waals surface area contributed by atoms with Crippen LogP contribution >= 0.6 is 0 Å². The predicted molar refractivity (Wildman–Crippen MR) is 113 cm³/mol. The first kappa shape index (κ1) is 18.5. The summed E-state index contributed by atoms with van der Waals surface area (Å²) in [5, 5.41) is 9.57. The molecule has 4 heteroatoms. The summed E-state index contributed by atoms with van der Waals surface area (Å²) in [5.74, 6) is 0.687. The molecule has 0 amide bonds. The zero-order chi connectivity index (χ0) is 19.3. The van der Waals surface area contributed by atoms with Crippen molar-refractivity contribution >= 4 is 5.69 Å². The highest BCUT2D eigenvalue weighted by Crippen LogP contribution is 2.31. The number of anilines is 1. The summed E-state index contributed by atoms with van der Waals surface area (Å²) in [5.41, 5.74) is 5.88. The van der Waals surface area contributed by atoms with Crippen LogP contribution in [0.5, 0.6) is 5.88 Å². The standard InChI is InChI=1S/C24H26N2O2/c1-18-7-10-24(25-16-18)28-22-11-13-26(17-22)23-9-8-20(15-21(23)12-14-27)19-5-3-2-4-6-19/h2-10,15-16,22,27H,11-14,17H2,1H3/t22-/m0/s1. The van der Waals surface area contributed by atoms with Crippen molar-refractivity contribution in [2.75, 3.05) is 24.6 Å². The molecule has 0 radical (unpaired) electrons. The largest absolute Gasteiger partial charge is 0.472 e. The number of aromatic nitrogens is 1. The normalized spacial score (nSPS) is 16.4. The van der Waals surface area contributed by atoms with Crippen molar-refractivity contribution in [3.05, 3.63) is 78.0 Å². The van der Waals surface area contributed by atoms with Gasteiger partial charge in [0.1, 0.15) is 6.10 Å². The van der Waals surface area contributed by atoms with E-state index in [-0.39, 0.29) is 12.7 Å². The van der Waals surface area contributed by atoms with E-state index in [0.717, 1.165) is 25.1 Å². The number of hydrogen-bond donors (Lipinski definition) is 1. The van der Waals surface area contributed by atoms with E-state index in [1.807, 2.05) is 31.3 Å². The molecule has 0 unspecified atom stereocenters. The van der Waals surface area contributed by atoms with Crippen molar-refractivity contribution in [3.8, 4) is 17.0 Å². The van der Waals surface area contributed by atoms with Gasteiger partial charge in [0.25, 0.3) is 0 Å². The lowest BCUT2D eigenvalue weighted by Gasteiger charge is -2.23. The number of aryl methyl sites for hydroxylation is 1. The van der Waals surface area contributed by atoms with Crippen molar-refractivity contribution in [2.24, 2.45) is 0 Å². The second-order valence-corrected chi connectivity index (χ2v) is 7.33. The number of pyridine rings is 1. The van der Waals surface area contributed by atoms with Crippen LogP contribution in [0.4, 0.5) is 5.69 Å². The number of benzene rings is 2. The minimum atomic E-state index is 0.131. The topological polar surface area (TPSA) is 45.6 Å². The van der Waals surface area contributed by atoms with E-state index < -0.39 is 0 Å². The van der Waals surface area contributed by atoms with Gasteiger partial charge in [0, 0.05) is 37.5 Å². The first-order valence-electron chi connectivity index (χ1n) is 9.86. The summed E-state index contributed by atoms with van der Waals surface area (Å²) >= 11 is 0. The molecule has 2 heterocycles.